The quantitative estimate of drug-likeness (QED) is 0.861. The fourth-order valence-electron chi connectivity index (χ4n) is 5.97. The molecule has 21 heavy (non-hydrogen) atoms. The Bertz CT molecular complexity index is 520. The lowest BCUT2D eigenvalue weighted by atomic mass is 9.42. The van der Waals surface area contributed by atoms with Crippen LogP contribution in [0.2, 0.25) is 0 Å². The third kappa shape index (κ3) is 2.07. The van der Waals surface area contributed by atoms with E-state index in [2.05, 4.69) is 30.3 Å². The van der Waals surface area contributed by atoms with Gasteiger partial charge in [-0.2, -0.15) is 0 Å². The minimum Gasteiger partial charge on any atom is -0.390 e. The fraction of sp³-hybridized carbons (Fsp3) is 0.632. The van der Waals surface area contributed by atoms with E-state index in [0.29, 0.717) is 24.2 Å². The Morgan fingerprint density at radius 2 is 1.76 bits per heavy atom. The molecule has 5 rings (SSSR count). The summed E-state index contributed by atoms with van der Waals surface area (Å²) in [5.74, 6) is 1.75. The third-order valence-corrected chi connectivity index (χ3v) is 6.62. The largest absolute Gasteiger partial charge is 0.390 e. The van der Waals surface area contributed by atoms with Gasteiger partial charge in [0.1, 0.15) is 6.29 Å². The molecule has 4 aliphatic rings. The Kier molecular flexibility index (Phi) is 3.01. The van der Waals surface area contributed by atoms with Crippen molar-refractivity contribution in [2.45, 2.75) is 50.5 Å². The van der Waals surface area contributed by atoms with Crippen LogP contribution in [0.5, 0.6) is 0 Å². The normalized spacial score (nSPS) is 44.0. The zero-order chi connectivity index (χ0) is 14.5. The van der Waals surface area contributed by atoms with Gasteiger partial charge in [0.25, 0.3) is 0 Å². The van der Waals surface area contributed by atoms with E-state index in [1.165, 1.54) is 18.4 Å². The fourth-order valence-corrected chi connectivity index (χ4v) is 5.97. The second-order valence-corrected chi connectivity index (χ2v) is 7.83. The molecule has 4 saturated carbocycles. The molecule has 1 aromatic carbocycles. The molecular formula is C19H24O2. The lowest BCUT2D eigenvalue weighted by Crippen LogP contribution is -2.60. The van der Waals surface area contributed by atoms with E-state index >= 15 is 0 Å². The van der Waals surface area contributed by atoms with Crippen LogP contribution in [-0.2, 0) is 11.2 Å². The summed E-state index contributed by atoms with van der Waals surface area (Å²) in [5.41, 5.74) is 1.03. The van der Waals surface area contributed by atoms with Crippen molar-refractivity contribution >= 4 is 6.29 Å². The molecule has 1 N–H and O–H groups in total. The minimum absolute atomic E-state index is 0.103. The maximum Gasteiger partial charge on any atom is 0.120 e. The molecule has 1 aromatic rings. The molecule has 0 radical (unpaired) electrons. The van der Waals surface area contributed by atoms with Gasteiger partial charge in [-0.05, 0) is 67.3 Å². The molecule has 2 atom stereocenters. The second-order valence-electron chi connectivity index (χ2n) is 7.83. The van der Waals surface area contributed by atoms with Crippen LogP contribution in [0.4, 0.5) is 0 Å². The van der Waals surface area contributed by atoms with Gasteiger partial charge >= 0.3 is 0 Å². The Labute approximate surface area is 126 Å². The van der Waals surface area contributed by atoms with Crippen molar-refractivity contribution in [1.82, 2.24) is 0 Å². The number of carbonyl (C=O) groups is 1. The van der Waals surface area contributed by atoms with E-state index in [1.54, 1.807) is 0 Å². The van der Waals surface area contributed by atoms with Crippen LogP contribution in [0.15, 0.2) is 30.3 Å². The van der Waals surface area contributed by atoms with Crippen LogP contribution in [-0.4, -0.2) is 17.0 Å². The molecule has 4 bridgehead atoms. The number of aliphatic hydroxyl groups is 1. The van der Waals surface area contributed by atoms with Crippen molar-refractivity contribution in [2.24, 2.45) is 23.2 Å². The van der Waals surface area contributed by atoms with Crippen molar-refractivity contribution < 1.29 is 9.90 Å². The van der Waals surface area contributed by atoms with E-state index in [-0.39, 0.29) is 5.41 Å². The molecule has 4 aliphatic carbocycles. The van der Waals surface area contributed by atoms with Gasteiger partial charge < -0.3 is 9.90 Å². The average molecular weight is 284 g/mol. The Hall–Kier alpha value is -1.15. The molecule has 2 nitrogen and oxygen atoms in total. The first kappa shape index (κ1) is 13.5. The number of hydrogen-bond donors (Lipinski definition) is 1. The summed E-state index contributed by atoms with van der Waals surface area (Å²) in [4.78, 5) is 11.4. The maximum absolute atomic E-state index is 11.4. The predicted octanol–water partition coefficient (Wildman–Crippen LogP) is 3.38. The summed E-state index contributed by atoms with van der Waals surface area (Å²) < 4.78 is 0. The predicted molar refractivity (Wildman–Crippen MR) is 81.8 cm³/mol. The highest BCUT2D eigenvalue weighted by atomic mass is 16.3. The van der Waals surface area contributed by atoms with Gasteiger partial charge in [-0.1, -0.05) is 30.3 Å². The molecule has 2 unspecified atom stereocenters. The first-order valence-electron chi connectivity index (χ1n) is 8.33. The Morgan fingerprint density at radius 3 is 2.33 bits per heavy atom. The number of rotatable bonds is 4. The molecule has 0 aliphatic heterocycles. The molecule has 0 saturated heterocycles. The Morgan fingerprint density at radius 1 is 1.10 bits per heavy atom. The van der Waals surface area contributed by atoms with Gasteiger partial charge in [0.2, 0.25) is 0 Å². The first-order valence-corrected chi connectivity index (χ1v) is 8.33. The third-order valence-electron chi connectivity index (χ3n) is 6.62. The van der Waals surface area contributed by atoms with Gasteiger partial charge in [0, 0.05) is 6.42 Å². The van der Waals surface area contributed by atoms with E-state index in [4.69, 9.17) is 0 Å². The lowest BCUT2D eigenvalue weighted by Gasteiger charge is -2.64. The molecule has 112 valence electrons. The van der Waals surface area contributed by atoms with Crippen molar-refractivity contribution in [3.05, 3.63) is 35.9 Å². The molecule has 0 amide bonds. The van der Waals surface area contributed by atoms with Crippen molar-refractivity contribution in [3.8, 4) is 0 Å². The topological polar surface area (TPSA) is 37.3 Å². The van der Waals surface area contributed by atoms with Gasteiger partial charge in [-0.15, -0.1) is 0 Å². The van der Waals surface area contributed by atoms with Gasteiger partial charge in [-0.25, -0.2) is 0 Å². The summed E-state index contributed by atoms with van der Waals surface area (Å²) in [6, 6.07) is 10.6. The van der Waals surface area contributed by atoms with E-state index in [0.717, 1.165) is 32.0 Å². The summed E-state index contributed by atoms with van der Waals surface area (Å²) in [6.45, 7) is 0. The standard InChI is InChI=1S/C19H24O2/c20-7-6-19(11-14-4-2-1-3-5-14)16-8-15-9-17(19)13-18(21,10-15)12-16/h1-5,7,15-17,21H,6,8-13H2. The van der Waals surface area contributed by atoms with E-state index in [9.17, 15) is 9.90 Å². The maximum atomic E-state index is 11.4. The van der Waals surface area contributed by atoms with Crippen LogP contribution in [0.3, 0.4) is 0 Å². The van der Waals surface area contributed by atoms with Crippen molar-refractivity contribution in [2.75, 3.05) is 0 Å². The number of hydrogen-bond acceptors (Lipinski definition) is 2. The lowest BCUT2D eigenvalue weighted by molar-refractivity contribution is -0.192. The molecule has 0 aromatic heterocycles. The minimum atomic E-state index is -0.417. The van der Waals surface area contributed by atoms with Crippen LogP contribution >= 0.6 is 0 Å². The van der Waals surface area contributed by atoms with Gasteiger partial charge in [-0.3, -0.25) is 0 Å². The highest BCUT2D eigenvalue weighted by Gasteiger charge is 2.61. The monoisotopic (exact) mass is 284 g/mol. The summed E-state index contributed by atoms with van der Waals surface area (Å²) in [5, 5.41) is 10.8. The summed E-state index contributed by atoms with van der Waals surface area (Å²) in [6.07, 6.45) is 8.09. The zero-order valence-electron chi connectivity index (χ0n) is 12.5. The van der Waals surface area contributed by atoms with E-state index in [1.807, 2.05) is 0 Å². The van der Waals surface area contributed by atoms with Crippen molar-refractivity contribution in [1.29, 1.82) is 0 Å². The molecule has 0 spiro atoms. The van der Waals surface area contributed by atoms with Crippen LogP contribution in [0.1, 0.15) is 44.1 Å². The van der Waals surface area contributed by atoms with Gasteiger partial charge in [0.05, 0.1) is 5.60 Å². The van der Waals surface area contributed by atoms with E-state index < -0.39 is 5.60 Å². The first-order chi connectivity index (χ1) is 10.1. The highest BCUT2D eigenvalue weighted by Crippen LogP contribution is 2.65. The average Bonchev–Trinajstić information content (AvgIpc) is 2.44. The summed E-state index contributed by atoms with van der Waals surface area (Å²) in [7, 11) is 0. The van der Waals surface area contributed by atoms with Gasteiger partial charge in [0.15, 0.2) is 0 Å². The SMILES string of the molecule is O=CCC1(Cc2ccccc2)C2CC3CC1CC(O)(C3)C2. The number of benzene rings is 1. The Balaban J connectivity index is 1.70. The van der Waals surface area contributed by atoms with Crippen molar-refractivity contribution in [3.63, 3.8) is 0 Å². The zero-order valence-corrected chi connectivity index (χ0v) is 12.5. The molecule has 4 fully saturated rings. The van der Waals surface area contributed by atoms with Crippen LogP contribution < -0.4 is 0 Å². The highest BCUT2D eigenvalue weighted by molar-refractivity contribution is 5.52. The summed E-state index contributed by atoms with van der Waals surface area (Å²) >= 11 is 0. The smallest absolute Gasteiger partial charge is 0.120 e. The molecule has 2 heteroatoms. The van der Waals surface area contributed by atoms with Crippen LogP contribution in [0.25, 0.3) is 0 Å². The molecule has 0 heterocycles. The number of carbonyl (C=O) groups excluding carboxylic acids is 1. The number of aldehydes is 1. The molecular weight excluding hydrogens is 260 g/mol. The van der Waals surface area contributed by atoms with Crippen LogP contribution in [0, 0.1) is 23.2 Å². The second kappa shape index (κ2) is 4.67.